The number of benzene rings is 1. The maximum atomic E-state index is 4.65. The van der Waals surface area contributed by atoms with E-state index in [4.69, 9.17) is 0 Å². The van der Waals surface area contributed by atoms with Crippen molar-refractivity contribution in [2.75, 3.05) is 0 Å². The van der Waals surface area contributed by atoms with E-state index in [1.54, 1.807) is 23.7 Å². The number of thiazole rings is 1. The molecule has 5 heteroatoms. The topological polar surface area (TPSA) is 54.5 Å². The maximum absolute atomic E-state index is 4.65. The molecule has 4 aromatic rings. The van der Waals surface area contributed by atoms with Gasteiger partial charge in [-0.3, -0.25) is 10.1 Å². The van der Waals surface area contributed by atoms with Gasteiger partial charge in [-0.1, -0.05) is 42.5 Å². The number of fused-ring (bicyclic) bond motifs is 1. The lowest BCUT2D eigenvalue weighted by Crippen LogP contribution is -2.30. The second kappa shape index (κ2) is 6.04. The Balaban J connectivity index is 1.65. The van der Waals surface area contributed by atoms with Gasteiger partial charge in [0.2, 0.25) is 0 Å². The molecule has 1 aromatic carbocycles. The molecule has 0 saturated heterocycles. The standard InChI is InChI=1S/C21H16N4S/c1-2-4-16(5-3-1)21(19-13-26-14-23-19)9-6-17-18(12-21)24-25-20(17)15-7-10-22-11-8-15/h1-11,13-14H,12H2,(H,24,25). The quantitative estimate of drug-likeness (QED) is 0.589. The number of rotatable bonds is 3. The summed E-state index contributed by atoms with van der Waals surface area (Å²) in [7, 11) is 0. The van der Waals surface area contributed by atoms with Gasteiger partial charge in [-0.2, -0.15) is 5.10 Å². The van der Waals surface area contributed by atoms with E-state index in [-0.39, 0.29) is 5.41 Å². The number of hydrogen-bond donors (Lipinski definition) is 1. The van der Waals surface area contributed by atoms with Gasteiger partial charge >= 0.3 is 0 Å². The van der Waals surface area contributed by atoms with Crippen molar-refractivity contribution in [3.05, 3.63) is 94.3 Å². The van der Waals surface area contributed by atoms with Crippen LogP contribution in [0, 0.1) is 0 Å². The van der Waals surface area contributed by atoms with Gasteiger partial charge in [0.05, 0.1) is 22.3 Å². The van der Waals surface area contributed by atoms with Crippen LogP contribution in [0.15, 0.2) is 71.8 Å². The molecule has 1 unspecified atom stereocenters. The summed E-state index contributed by atoms with van der Waals surface area (Å²) in [6, 6.07) is 14.6. The first-order valence-electron chi connectivity index (χ1n) is 8.48. The zero-order valence-electron chi connectivity index (χ0n) is 14.0. The average Bonchev–Trinajstić information content (AvgIpc) is 3.39. The van der Waals surface area contributed by atoms with E-state index in [1.807, 2.05) is 23.7 Å². The second-order valence-electron chi connectivity index (χ2n) is 6.42. The molecule has 126 valence electrons. The van der Waals surface area contributed by atoms with Gasteiger partial charge in [-0.05, 0) is 17.7 Å². The lowest BCUT2D eigenvalue weighted by Gasteiger charge is -2.32. The Morgan fingerprint density at radius 1 is 1.04 bits per heavy atom. The van der Waals surface area contributed by atoms with Crippen LogP contribution in [0.2, 0.25) is 0 Å². The molecule has 3 aromatic heterocycles. The predicted molar refractivity (Wildman–Crippen MR) is 104 cm³/mol. The summed E-state index contributed by atoms with van der Waals surface area (Å²) >= 11 is 1.63. The third-order valence-electron chi connectivity index (χ3n) is 5.01. The van der Waals surface area contributed by atoms with Crippen molar-refractivity contribution in [3.8, 4) is 11.3 Å². The number of pyridine rings is 1. The van der Waals surface area contributed by atoms with Gasteiger partial charge in [0, 0.05) is 41.0 Å². The highest BCUT2D eigenvalue weighted by Crippen LogP contribution is 2.42. The van der Waals surface area contributed by atoms with E-state index in [0.717, 1.165) is 34.6 Å². The summed E-state index contributed by atoms with van der Waals surface area (Å²) in [5.41, 5.74) is 8.29. The summed E-state index contributed by atoms with van der Waals surface area (Å²) in [6.45, 7) is 0. The minimum absolute atomic E-state index is 0.268. The van der Waals surface area contributed by atoms with Crippen molar-refractivity contribution >= 4 is 17.4 Å². The van der Waals surface area contributed by atoms with Crippen molar-refractivity contribution in [2.45, 2.75) is 11.8 Å². The van der Waals surface area contributed by atoms with Crippen molar-refractivity contribution in [1.29, 1.82) is 0 Å². The van der Waals surface area contributed by atoms with Crippen LogP contribution in [0.25, 0.3) is 17.3 Å². The molecule has 5 rings (SSSR count). The number of aromatic amines is 1. The zero-order valence-corrected chi connectivity index (χ0v) is 14.8. The Labute approximate surface area is 155 Å². The molecule has 0 fully saturated rings. The molecule has 1 atom stereocenters. The molecule has 0 bridgehead atoms. The molecule has 4 nitrogen and oxygen atoms in total. The summed E-state index contributed by atoms with van der Waals surface area (Å²) in [5.74, 6) is 0. The van der Waals surface area contributed by atoms with Crippen LogP contribution in [0.3, 0.4) is 0 Å². The highest BCUT2D eigenvalue weighted by atomic mass is 32.1. The minimum Gasteiger partial charge on any atom is -0.281 e. The van der Waals surface area contributed by atoms with Gasteiger partial charge in [-0.15, -0.1) is 11.3 Å². The van der Waals surface area contributed by atoms with Crippen LogP contribution in [-0.2, 0) is 11.8 Å². The van der Waals surface area contributed by atoms with E-state index in [0.29, 0.717) is 0 Å². The fourth-order valence-electron chi connectivity index (χ4n) is 3.68. The normalized spacial score (nSPS) is 18.6. The maximum Gasteiger partial charge on any atom is 0.0996 e. The molecule has 0 radical (unpaired) electrons. The summed E-state index contributed by atoms with van der Waals surface area (Å²) in [5, 5.41) is 9.99. The summed E-state index contributed by atoms with van der Waals surface area (Å²) in [6.07, 6.45) is 8.87. The van der Waals surface area contributed by atoms with E-state index in [9.17, 15) is 0 Å². The monoisotopic (exact) mass is 356 g/mol. The van der Waals surface area contributed by atoms with Crippen molar-refractivity contribution in [3.63, 3.8) is 0 Å². The predicted octanol–water partition coefficient (Wildman–Crippen LogP) is 4.48. The van der Waals surface area contributed by atoms with E-state index >= 15 is 0 Å². The first kappa shape index (κ1) is 15.2. The number of allylic oxidation sites excluding steroid dienone is 1. The van der Waals surface area contributed by atoms with Crippen molar-refractivity contribution < 1.29 is 0 Å². The van der Waals surface area contributed by atoms with Gasteiger partial charge in [0.1, 0.15) is 0 Å². The van der Waals surface area contributed by atoms with Crippen LogP contribution in [0.4, 0.5) is 0 Å². The van der Waals surface area contributed by atoms with Crippen LogP contribution in [-0.4, -0.2) is 20.2 Å². The zero-order chi connectivity index (χ0) is 17.4. The molecule has 0 spiro atoms. The molecule has 3 heterocycles. The fourth-order valence-corrected chi connectivity index (χ4v) is 4.32. The Kier molecular flexibility index (Phi) is 3.53. The van der Waals surface area contributed by atoms with E-state index in [1.165, 1.54) is 5.56 Å². The molecule has 0 saturated carbocycles. The number of hydrogen-bond acceptors (Lipinski definition) is 4. The van der Waals surface area contributed by atoms with Gasteiger partial charge in [0.15, 0.2) is 0 Å². The first-order chi connectivity index (χ1) is 12.9. The molecule has 1 N–H and O–H groups in total. The molecular formula is C21H16N4S. The highest BCUT2D eigenvalue weighted by molar-refractivity contribution is 7.07. The Bertz CT molecular complexity index is 1050. The molecule has 1 aliphatic carbocycles. The molecule has 1 aliphatic rings. The van der Waals surface area contributed by atoms with Crippen LogP contribution in [0.1, 0.15) is 22.5 Å². The minimum atomic E-state index is -0.268. The number of nitrogens with zero attached hydrogens (tertiary/aromatic N) is 3. The third kappa shape index (κ3) is 2.32. The second-order valence-corrected chi connectivity index (χ2v) is 7.14. The largest absolute Gasteiger partial charge is 0.281 e. The van der Waals surface area contributed by atoms with Crippen molar-refractivity contribution in [1.82, 2.24) is 20.2 Å². The van der Waals surface area contributed by atoms with Crippen LogP contribution < -0.4 is 0 Å². The fraction of sp³-hybridized carbons (Fsp3) is 0.0952. The van der Waals surface area contributed by atoms with Crippen molar-refractivity contribution in [2.24, 2.45) is 0 Å². The highest BCUT2D eigenvalue weighted by Gasteiger charge is 2.38. The molecule has 0 aliphatic heterocycles. The Morgan fingerprint density at radius 3 is 2.65 bits per heavy atom. The lowest BCUT2D eigenvalue weighted by atomic mass is 9.71. The molecular weight excluding hydrogens is 340 g/mol. The first-order valence-corrected chi connectivity index (χ1v) is 9.42. The Morgan fingerprint density at radius 2 is 1.88 bits per heavy atom. The van der Waals surface area contributed by atoms with Gasteiger partial charge in [0.25, 0.3) is 0 Å². The Hall–Kier alpha value is -3.05. The summed E-state index contributed by atoms with van der Waals surface area (Å²) < 4.78 is 0. The van der Waals surface area contributed by atoms with E-state index < -0.39 is 0 Å². The SMILES string of the molecule is C1=CC(c2ccccc2)(c2cscn2)Cc2[nH]nc(-c3ccncc3)c21. The van der Waals surface area contributed by atoms with Gasteiger partial charge < -0.3 is 0 Å². The number of H-pyrrole nitrogens is 1. The lowest BCUT2D eigenvalue weighted by molar-refractivity contribution is 0.605. The summed E-state index contributed by atoms with van der Waals surface area (Å²) in [4.78, 5) is 8.75. The average molecular weight is 356 g/mol. The van der Waals surface area contributed by atoms with Gasteiger partial charge in [-0.25, -0.2) is 4.98 Å². The van der Waals surface area contributed by atoms with Crippen LogP contribution in [0.5, 0.6) is 0 Å². The smallest absolute Gasteiger partial charge is 0.0996 e. The molecule has 26 heavy (non-hydrogen) atoms. The number of aromatic nitrogens is 4. The number of nitrogens with one attached hydrogen (secondary N) is 1. The van der Waals surface area contributed by atoms with E-state index in [2.05, 4.69) is 62.0 Å². The third-order valence-corrected chi connectivity index (χ3v) is 5.59. The van der Waals surface area contributed by atoms with Crippen LogP contribution >= 0.6 is 11.3 Å². The molecule has 0 amide bonds.